The molecule has 0 saturated carbocycles. The van der Waals surface area contributed by atoms with Crippen molar-refractivity contribution in [3.8, 4) is 0 Å². The van der Waals surface area contributed by atoms with E-state index in [-0.39, 0.29) is 12.1 Å². The van der Waals surface area contributed by atoms with Crippen molar-refractivity contribution < 1.29 is 14.0 Å². The monoisotopic (exact) mass is 423 g/mol. The van der Waals surface area contributed by atoms with Gasteiger partial charge in [0.2, 0.25) is 6.29 Å². The first-order valence-corrected chi connectivity index (χ1v) is 9.75. The number of nitrogens with zero attached hydrogens (tertiary/aromatic N) is 1. The minimum absolute atomic E-state index is 0.237. The minimum Gasteiger partial charge on any atom is -0.470 e. The maximum Gasteiger partial charge on any atom is 0.288 e. The van der Waals surface area contributed by atoms with Crippen LogP contribution in [0.1, 0.15) is 36.7 Å². The summed E-state index contributed by atoms with van der Waals surface area (Å²) in [6.45, 7) is 3.89. The molecule has 1 amide bonds. The number of hydrogen-bond donors (Lipinski definition) is 4. The predicted molar refractivity (Wildman–Crippen MR) is 124 cm³/mol. The Kier molecular flexibility index (Phi) is 11.4. The zero-order valence-corrected chi connectivity index (χ0v) is 17.8. The Morgan fingerprint density at radius 2 is 2.10 bits per heavy atom. The van der Waals surface area contributed by atoms with Gasteiger partial charge in [-0.2, -0.15) is 0 Å². The van der Waals surface area contributed by atoms with Crippen molar-refractivity contribution in [2.45, 2.75) is 33.1 Å². The van der Waals surface area contributed by atoms with Gasteiger partial charge in [0.15, 0.2) is 0 Å². The molecule has 0 unspecified atom stereocenters. The highest BCUT2D eigenvalue weighted by atomic mass is 16.3. The molecule has 8 heteroatoms. The topological polar surface area (TPSA) is 148 Å². The van der Waals surface area contributed by atoms with Gasteiger partial charge in [0.05, 0.1) is 6.26 Å². The van der Waals surface area contributed by atoms with Gasteiger partial charge in [-0.3, -0.25) is 15.0 Å². The molecule has 0 aliphatic carbocycles. The molecule has 164 valence electrons. The van der Waals surface area contributed by atoms with Crippen molar-refractivity contribution in [1.29, 1.82) is 5.41 Å². The van der Waals surface area contributed by atoms with E-state index in [4.69, 9.17) is 21.3 Å². The molecule has 6 N–H and O–H groups in total. The van der Waals surface area contributed by atoms with Crippen molar-refractivity contribution in [2.75, 3.05) is 5.73 Å². The molecule has 0 aliphatic rings. The van der Waals surface area contributed by atoms with Gasteiger partial charge in [-0.05, 0) is 68.2 Å². The Morgan fingerprint density at radius 3 is 2.65 bits per heavy atom. The zero-order valence-electron chi connectivity index (χ0n) is 17.8. The van der Waals surface area contributed by atoms with Gasteiger partial charge in [0, 0.05) is 16.9 Å². The van der Waals surface area contributed by atoms with E-state index in [1.165, 1.54) is 0 Å². The van der Waals surface area contributed by atoms with Gasteiger partial charge in [0.1, 0.15) is 17.9 Å². The number of nitrogen functional groups attached to an aromatic ring is 1. The van der Waals surface area contributed by atoms with Gasteiger partial charge in [-0.25, -0.2) is 4.99 Å². The second-order valence-corrected chi connectivity index (χ2v) is 6.40. The summed E-state index contributed by atoms with van der Waals surface area (Å²) in [7, 11) is 0. The van der Waals surface area contributed by atoms with E-state index in [1.807, 2.05) is 44.2 Å². The normalized spacial score (nSPS) is 11.5. The summed E-state index contributed by atoms with van der Waals surface area (Å²) in [5.41, 5.74) is 14.5. The van der Waals surface area contributed by atoms with Crippen molar-refractivity contribution in [3.63, 3.8) is 0 Å². The summed E-state index contributed by atoms with van der Waals surface area (Å²) in [6, 6.07) is 9.11. The molecular weight excluding hydrogens is 394 g/mol. The Morgan fingerprint density at radius 1 is 1.32 bits per heavy atom. The van der Waals surface area contributed by atoms with Crippen molar-refractivity contribution in [2.24, 2.45) is 10.7 Å². The molecule has 31 heavy (non-hydrogen) atoms. The highest BCUT2D eigenvalue weighted by Gasteiger charge is 2.05. The maximum absolute atomic E-state index is 11.2. The van der Waals surface area contributed by atoms with E-state index >= 15 is 0 Å². The maximum atomic E-state index is 11.2. The SMILES string of the molecule is CC/C=C\C(=C/CCc1cc(C(N)=NC=N)ccc1N)NC(=O)C=O.Cc1ccco1. The number of aryl methyl sites for hydroxylation is 2. The zero-order chi connectivity index (χ0) is 23.1. The highest BCUT2D eigenvalue weighted by Crippen LogP contribution is 2.17. The first-order valence-electron chi connectivity index (χ1n) is 9.75. The average Bonchev–Trinajstić information content (AvgIpc) is 3.24. The number of anilines is 1. The molecule has 0 saturated heterocycles. The number of hydrogen-bond acceptors (Lipinski definition) is 5. The van der Waals surface area contributed by atoms with Crippen molar-refractivity contribution in [1.82, 2.24) is 5.32 Å². The molecule has 0 spiro atoms. The lowest BCUT2D eigenvalue weighted by molar-refractivity contribution is -0.130. The summed E-state index contributed by atoms with van der Waals surface area (Å²) in [4.78, 5) is 25.5. The third kappa shape index (κ3) is 9.89. The van der Waals surface area contributed by atoms with Crippen LogP contribution in [0.25, 0.3) is 0 Å². The number of allylic oxidation sites excluding steroid dienone is 3. The number of carbonyl (C=O) groups is 2. The standard InChI is InChI=1S/C18H23N5O2.C5H6O/c1-2-3-6-15(23-17(25)11-24)7-4-5-13-10-14(8-9-16(13)20)18(21)22-12-19;1-5-3-2-4-6-5/h3,6-12H,2,4-5,20H2,1H3,(H,23,25)(H3,19,21,22);2-4H,1H3/b6-3-,15-7+;. The van der Waals surface area contributed by atoms with E-state index in [2.05, 4.69) is 10.3 Å². The number of rotatable bonds is 9. The van der Waals surface area contributed by atoms with Crippen LogP contribution >= 0.6 is 0 Å². The van der Waals surface area contributed by atoms with Crippen LogP contribution in [0.2, 0.25) is 0 Å². The number of benzene rings is 1. The smallest absolute Gasteiger partial charge is 0.288 e. The quantitative estimate of drug-likeness (QED) is 0.122. The summed E-state index contributed by atoms with van der Waals surface area (Å²) in [5.74, 6) is 0.524. The Hall–Kier alpha value is -3.94. The van der Waals surface area contributed by atoms with Crippen LogP contribution in [0, 0.1) is 12.3 Å². The summed E-state index contributed by atoms with van der Waals surface area (Å²) >= 11 is 0. The molecule has 1 aromatic heterocycles. The number of amidine groups is 1. The van der Waals surface area contributed by atoms with E-state index < -0.39 is 5.91 Å². The fourth-order valence-electron chi connectivity index (χ4n) is 2.45. The number of nitrogens with one attached hydrogen (secondary N) is 2. The Labute approximate surface area is 182 Å². The van der Waals surface area contributed by atoms with Crippen LogP contribution in [0.4, 0.5) is 5.69 Å². The van der Waals surface area contributed by atoms with Gasteiger partial charge in [0.25, 0.3) is 5.91 Å². The van der Waals surface area contributed by atoms with Crippen LogP contribution in [0.3, 0.4) is 0 Å². The lowest BCUT2D eigenvalue weighted by Gasteiger charge is -2.08. The Bertz CT molecular complexity index is 944. The van der Waals surface area contributed by atoms with Crippen LogP contribution < -0.4 is 16.8 Å². The van der Waals surface area contributed by atoms with Crippen LogP contribution in [0.5, 0.6) is 0 Å². The summed E-state index contributed by atoms with van der Waals surface area (Å²) in [5, 5.41) is 9.49. The average molecular weight is 424 g/mol. The second-order valence-electron chi connectivity index (χ2n) is 6.40. The van der Waals surface area contributed by atoms with Gasteiger partial charge in [-0.15, -0.1) is 0 Å². The number of aldehydes is 1. The molecule has 0 aliphatic heterocycles. The molecule has 8 nitrogen and oxygen atoms in total. The largest absolute Gasteiger partial charge is 0.470 e. The number of nitrogens with two attached hydrogens (primary N) is 2. The first kappa shape index (κ1) is 25.1. The molecular formula is C23H29N5O3. The van der Waals surface area contributed by atoms with Crippen LogP contribution in [-0.2, 0) is 16.0 Å². The van der Waals surface area contributed by atoms with E-state index in [0.29, 0.717) is 29.8 Å². The van der Waals surface area contributed by atoms with Gasteiger partial charge < -0.3 is 21.2 Å². The van der Waals surface area contributed by atoms with Crippen molar-refractivity contribution >= 4 is 30.1 Å². The second kappa shape index (κ2) is 14.1. The van der Waals surface area contributed by atoms with Gasteiger partial charge >= 0.3 is 0 Å². The molecule has 1 aromatic carbocycles. The Balaban J connectivity index is 0.000000683. The van der Waals surface area contributed by atoms with Gasteiger partial charge in [-0.1, -0.05) is 19.1 Å². The molecule has 0 atom stereocenters. The third-order valence-electron chi connectivity index (χ3n) is 3.99. The molecule has 0 bridgehead atoms. The minimum atomic E-state index is -0.691. The van der Waals surface area contributed by atoms with Crippen molar-refractivity contribution in [3.05, 3.63) is 77.4 Å². The lowest BCUT2D eigenvalue weighted by Crippen LogP contribution is -2.22. The molecule has 1 heterocycles. The third-order valence-corrected chi connectivity index (χ3v) is 3.99. The number of amides is 1. The molecule has 0 fully saturated rings. The number of carbonyl (C=O) groups excluding carboxylic acids is 2. The van der Waals surface area contributed by atoms with E-state index in [9.17, 15) is 9.59 Å². The molecule has 0 radical (unpaired) electrons. The highest BCUT2D eigenvalue weighted by molar-refractivity contribution is 6.24. The van der Waals surface area contributed by atoms with E-state index in [1.54, 1.807) is 24.5 Å². The summed E-state index contributed by atoms with van der Waals surface area (Å²) in [6.07, 6.45) is 10.3. The fraction of sp³-hybridized carbons (Fsp3) is 0.217. The molecule has 2 aromatic rings. The fourth-order valence-corrected chi connectivity index (χ4v) is 2.45. The number of aliphatic imine (C=N–C) groups is 1. The van der Waals surface area contributed by atoms with Crippen LogP contribution in [0.15, 0.2) is 69.9 Å². The van der Waals surface area contributed by atoms with Crippen LogP contribution in [-0.4, -0.2) is 24.4 Å². The predicted octanol–water partition coefficient (Wildman–Crippen LogP) is 3.27. The lowest BCUT2D eigenvalue weighted by atomic mass is 10.0. The van der Waals surface area contributed by atoms with E-state index in [0.717, 1.165) is 24.1 Å². The summed E-state index contributed by atoms with van der Waals surface area (Å²) < 4.78 is 4.83. The first-order chi connectivity index (χ1) is 14.9. The number of furan rings is 1. The molecule has 2 rings (SSSR count).